The molecular formula is C9H8BrFN2O2S. The first-order valence-electron chi connectivity index (χ1n) is 4.23. The second kappa shape index (κ2) is 4.80. The highest BCUT2D eigenvalue weighted by Crippen LogP contribution is 2.20. The van der Waals surface area contributed by atoms with Crippen LogP contribution in [0.1, 0.15) is 6.92 Å². The Morgan fingerprint density at radius 1 is 1.56 bits per heavy atom. The van der Waals surface area contributed by atoms with Crippen molar-refractivity contribution in [3.8, 4) is 6.07 Å². The maximum atomic E-state index is 13.1. The minimum absolute atomic E-state index is 0.0859. The van der Waals surface area contributed by atoms with Crippen LogP contribution in [0.5, 0.6) is 0 Å². The van der Waals surface area contributed by atoms with Crippen molar-refractivity contribution in [3.05, 3.63) is 28.5 Å². The van der Waals surface area contributed by atoms with Gasteiger partial charge in [0.25, 0.3) is 0 Å². The zero-order valence-corrected chi connectivity index (χ0v) is 10.6. The van der Waals surface area contributed by atoms with E-state index in [1.54, 1.807) is 6.07 Å². The van der Waals surface area contributed by atoms with Gasteiger partial charge in [0.2, 0.25) is 10.0 Å². The first kappa shape index (κ1) is 12.9. The highest BCUT2D eigenvalue weighted by atomic mass is 79.9. The summed E-state index contributed by atoms with van der Waals surface area (Å²) in [6, 6.07) is 5.41. The molecule has 16 heavy (non-hydrogen) atoms. The molecule has 4 nitrogen and oxygen atoms in total. The molecule has 0 saturated carbocycles. The molecule has 0 bridgehead atoms. The van der Waals surface area contributed by atoms with Crippen LogP contribution >= 0.6 is 15.9 Å². The summed E-state index contributed by atoms with van der Waals surface area (Å²) in [5.41, 5.74) is 0.0859. The van der Waals surface area contributed by atoms with Crippen molar-refractivity contribution >= 4 is 31.6 Å². The van der Waals surface area contributed by atoms with E-state index in [1.807, 2.05) is 0 Å². The monoisotopic (exact) mass is 306 g/mol. The Bertz CT molecular complexity index is 539. The number of rotatable bonds is 3. The molecule has 1 aromatic rings. The number of hydrogen-bond acceptors (Lipinski definition) is 3. The largest absolute Gasteiger partial charge is 0.282 e. The van der Waals surface area contributed by atoms with Crippen LogP contribution in [0, 0.1) is 17.1 Å². The van der Waals surface area contributed by atoms with E-state index in [4.69, 9.17) is 5.26 Å². The molecule has 0 aromatic heterocycles. The van der Waals surface area contributed by atoms with Crippen LogP contribution in [0.2, 0.25) is 0 Å². The normalized spacial score (nSPS) is 12.9. The highest BCUT2D eigenvalue weighted by molar-refractivity contribution is 9.10. The van der Waals surface area contributed by atoms with E-state index in [0.717, 1.165) is 6.07 Å². The fraction of sp³-hybridized carbons (Fsp3) is 0.222. The number of anilines is 1. The third-order valence-electron chi connectivity index (χ3n) is 1.83. The summed E-state index contributed by atoms with van der Waals surface area (Å²) in [5.74, 6) is -0.579. The second-order valence-corrected chi connectivity index (χ2v) is 5.90. The van der Waals surface area contributed by atoms with Gasteiger partial charge in [-0.1, -0.05) is 0 Å². The third-order valence-corrected chi connectivity index (χ3v) is 4.03. The lowest BCUT2D eigenvalue weighted by Gasteiger charge is -2.09. The molecule has 1 unspecified atom stereocenters. The zero-order valence-electron chi connectivity index (χ0n) is 8.24. The van der Waals surface area contributed by atoms with E-state index in [2.05, 4.69) is 20.7 Å². The van der Waals surface area contributed by atoms with E-state index >= 15 is 0 Å². The van der Waals surface area contributed by atoms with Gasteiger partial charge in [0, 0.05) is 0 Å². The van der Waals surface area contributed by atoms with Crippen LogP contribution in [0.15, 0.2) is 22.7 Å². The van der Waals surface area contributed by atoms with Crippen molar-refractivity contribution in [1.82, 2.24) is 0 Å². The summed E-state index contributed by atoms with van der Waals surface area (Å²) >= 11 is 2.95. The van der Waals surface area contributed by atoms with Crippen molar-refractivity contribution in [2.24, 2.45) is 0 Å². The first-order valence-corrected chi connectivity index (χ1v) is 6.57. The van der Waals surface area contributed by atoms with Crippen LogP contribution in [0.3, 0.4) is 0 Å². The molecule has 0 aliphatic carbocycles. The van der Waals surface area contributed by atoms with Crippen LogP contribution in [-0.2, 0) is 10.0 Å². The average Bonchev–Trinajstić information content (AvgIpc) is 2.22. The quantitative estimate of drug-likeness (QED) is 0.931. The summed E-state index contributed by atoms with van der Waals surface area (Å²) in [6.07, 6.45) is 0. The Morgan fingerprint density at radius 2 is 2.19 bits per heavy atom. The van der Waals surface area contributed by atoms with Crippen molar-refractivity contribution in [1.29, 1.82) is 5.26 Å². The molecule has 86 valence electrons. The molecule has 1 aromatic carbocycles. The Kier molecular flexibility index (Phi) is 3.88. The Hall–Kier alpha value is -1.13. The minimum atomic E-state index is -3.79. The van der Waals surface area contributed by atoms with Gasteiger partial charge in [-0.3, -0.25) is 4.72 Å². The number of halogens is 2. The van der Waals surface area contributed by atoms with Crippen molar-refractivity contribution in [2.45, 2.75) is 12.2 Å². The summed E-state index contributed by atoms with van der Waals surface area (Å²) in [4.78, 5) is 0. The van der Waals surface area contributed by atoms with Crippen LogP contribution in [-0.4, -0.2) is 13.7 Å². The molecule has 0 amide bonds. The maximum Gasteiger partial charge on any atom is 0.248 e. The molecule has 0 heterocycles. The standard InChI is InChI=1S/C9H8BrFN2O2S/c1-6(5-12)16(14,15)13-7-2-3-8(10)9(11)4-7/h2-4,6,13H,1H3. The molecule has 1 atom stereocenters. The lowest BCUT2D eigenvalue weighted by atomic mass is 10.3. The van der Waals surface area contributed by atoms with Gasteiger partial charge in [-0.15, -0.1) is 0 Å². The van der Waals surface area contributed by atoms with Gasteiger partial charge < -0.3 is 0 Å². The van der Waals surface area contributed by atoms with E-state index in [0.29, 0.717) is 0 Å². The van der Waals surface area contributed by atoms with Crippen LogP contribution < -0.4 is 4.72 Å². The SMILES string of the molecule is CC(C#N)S(=O)(=O)Nc1ccc(Br)c(F)c1. The van der Waals surface area contributed by atoms with Gasteiger partial charge in [-0.25, -0.2) is 12.8 Å². The lowest BCUT2D eigenvalue weighted by Crippen LogP contribution is -2.23. The maximum absolute atomic E-state index is 13.1. The lowest BCUT2D eigenvalue weighted by molar-refractivity contribution is 0.597. The Morgan fingerprint density at radius 3 is 2.69 bits per heavy atom. The summed E-state index contributed by atoms with van der Waals surface area (Å²) in [5, 5.41) is 7.30. The predicted molar refractivity (Wildman–Crippen MR) is 61.7 cm³/mol. The fourth-order valence-electron chi connectivity index (χ4n) is 0.882. The Labute approximate surface area is 101 Å². The van der Waals surface area contributed by atoms with Crippen molar-refractivity contribution < 1.29 is 12.8 Å². The number of hydrogen-bond donors (Lipinski definition) is 1. The first-order chi connectivity index (χ1) is 7.36. The second-order valence-electron chi connectivity index (χ2n) is 3.05. The van der Waals surface area contributed by atoms with Crippen molar-refractivity contribution in [3.63, 3.8) is 0 Å². The summed E-state index contributed by atoms with van der Waals surface area (Å²) in [7, 11) is -3.79. The number of benzene rings is 1. The van der Waals surface area contributed by atoms with Gasteiger partial charge in [0.1, 0.15) is 5.82 Å². The number of sulfonamides is 1. The third kappa shape index (κ3) is 2.93. The van der Waals surface area contributed by atoms with Gasteiger partial charge in [-0.05, 0) is 41.1 Å². The summed E-state index contributed by atoms with van der Waals surface area (Å²) in [6.45, 7) is 1.25. The number of nitrogens with one attached hydrogen (secondary N) is 1. The predicted octanol–water partition coefficient (Wildman–Crippen LogP) is 2.24. The summed E-state index contributed by atoms with van der Waals surface area (Å²) < 4.78 is 38.4. The molecule has 0 aliphatic heterocycles. The van der Waals surface area contributed by atoms with Gasteiger partial charge >= 0.3 is 0 Å². The highest BCUT2D eigenvalue weighted by Gasteiger charge is 2.20. The van der Waals surface area contributed by atoms with Gasteiger partial charge in [-0.2, -0.15) is 5.26 Å². The number of nitriles is 1. The molecule has 1 rings (SSSR count). The minimum Gasteiger partial charge on any atom is -0.282 e. The molecule has 1 N–H and O–H groups in total. The fourth-order valence-corrected chi connectivity index (χ4v) is 1.90. The average molecular weight is 307 g/mol. The molecule has 7 heteroatoms. The van der Waals surface area contributed by atoms with E-state index in [-0.39, 0.29) is 10.2 Å². The van der Waals surface area contributed by atoms with Crippen molar-refractivity contribution in [2.75, 3.05) is 4.72 Å². The molecule has 0 saturated heterocycles. The van der Waals surface area contributed by atoms with E-state index in [1.165, 1.54) is 19.1 Å². The zero-order chi connectivity index (χ0) is 12.3. The Balaban J connectivity index is 2.98. The molecule has 0 fully saturated rings. The van der Waals surface area contributed by atoms with Gasteiger partial charge in [0.15, 0.2) is 5.25 Å². The van der Waals surface area contributed by atoms with E-state index < -0.39 is 21.1 Å². The van der Waals surface area contributed by atoms with Gasteiger partial charge in [0.05, 0.1) is 16.2 Å². The number of nitrogens with zero attached hydrogens (tertiary/aromatic N) is 1. The van der Waals surface area contributed by atoms with E-state index in [9.17, 15) is 12.8 Å². The molecular weight excluding hydrogens is 299 g/mol. The van der Waals surface area contributed by atoms with Crippen LogP contribution in [0.25, 0.3) is 0 Å². The smallest absolute Gasteiger partial charge is 0.248 e. The van der Waals surface area contributed by atoms with Crippen LogP contribution in [0.4, 0.5) is 10.1 Å². The topological polar surface area (TPSA) is 70.0 Å². The molecule has 0 aliphatic rings. The molecule has 0 spiro atoms. The molecule has 0 radical (unpaired) electrons.